The second kappa shape index (κ2) is 7.60. The number of hydrogen-bond acceptors (Lipinski definition) is 4. The molecule has 1 rings (SSSR count). The minimum absolute atomic E-state index is 0.0140. The smallest absolute Gasteiger partial charge is 0.326 e. The zero-order valence-electron chi connectivity index (χ0n) is 11.0. The Morgan fingerprint density at radius 2 is 1.95 bits per heavy atom. The molecule has 0 radical (unpaired) electrons. The maximum Gasteiger partial charge on any atom is 0.326 e. The number of methoxy groups -OCH3 is 1. The van der Waals surface area contributed by atoms with Crippen molar-refractivity contribution in [1.29, 1.82) is 0 Å². The molecule has 0 aromatic carbocycles. The fourth-order valence-electron chi connectivity index (χ4n) is 2.08. The van der Waals surface area contributed by atoms with Crippen molar-refractivity contribution in [3.05, 3.63) is 0 Å². The van der Waals surface area contributed by atoms with Gasteiger partial charge in [-0.3, -0.25) is 4.79 Å². The lowest BCUT2D eigenvalue weighted by Gasteiger charge is -2.17. The summed E-state index contributed by atoms with van der Waals surface area (Å²) in [5.74, 6) is -1.66. The average Bonchev–Trinajstić information content (AvgIpc) is 2.86. The Bertz CT molecular complexity index is 339. The number of aliphatic carboxylic acids is 1. The molecule has 1 aliphatic rings. The Labute approximate surface area is 111 Å². The molecular weight excluding hydrogens is 252 g/mol. The Hall–Kier alpha value is -1.79. The number of ether oxygens (including phenoxy) is 1. The van der Waals surface area contributed by atoms with Crippen molar-refractivity contribution in [2.45, 2.75) is 50.6 Å². The Kier molecular flexibility index (Phi) is 6.11. The van der Waals surface area contributed by atoms with Gasteiger partial charge in [0.2, 0.25) is 0 Å². The summed E-state index contributed by atoms with van der Waals surface area (Å²) in [6, 6.07) is -1.46. The third kappa shape index (κ3) is 5.58. The van der Waals surface area contributed by atoms with E-state index >= 15 is 0 Å². The number of carbonyl (C=O) groups excluding carboxylic acids is 2. The predicted molar refractivity (Wildman–Crippen MR) is 66.6 cm³/mol. The molecule has 7 nitrogen and oxygen atoms in total. The molecule has 0 aliphatic heterocycles. The summed E-state index contributed by atoms with van der Waals surface area (Å²) in [6.07, 6.45) is 3.98. The number of esters is 1. The third-order valence-electron chi connectivity index (χ3n) is 3.16. The molecule has 2 amide bonds. The van der Waals surface area contributed by atoms with Crippen LogP contribution in [0.15, 0.2) is 0 Å². The van der Waals surface area contributed by atoms with Crippen molar-refractivity contribution in [3.63, 3.8) is 0 Å². The first kappa shape index (κ1) is 15.3. The van der Waals surface area contributed by atoms with Crippen molar-refractivity contribution in [2.24, 2.45) is 0 Å². The third-order valence-corrected chi connectivity index (χ3v) is 3.16. The maximum atomic E-state index is 11.6. The maximum absolute atomic E-state index is 11.6. The lowest BCUT2D eigenvalue weighted by atomic mass is 10.1. The molecule has 1 saturated carbocycles. The molecule has 0 unspecified atom stereocenters. The minimum Gasteiger partial charge on any atom is -0.480 e. The van der Waals surface area contributed by atoms with Crippen LogP contribution in [0.3, 0.4) is 0 Å². The summed E-state index contributed by atoms with van der Waals surface area (Å²) in [5.41, 5.74) is 0. The van der Waals surface area contributed by atoms with E-state index in [9.17, 15) is 14.4 Å². The van der Waals surface area contributed by atoms with Gasteiger partial charge >= 0.3 is 18.0 Å². The minimum atomic E-state index is -1.16. The Morgan fingerprint density at radius 1 is 1.32 bits per heavy atom. The molecule has 1 aliphatic carbocycles. The van der Waals surface area contributed by atoms with E-state index in [0.717, 1.165) is 25.7 Å². The highest BCUT2D eigenvalue weighted by atomic mass is 16.5. The van der Waals surface area contributed by atoms with Crippen LogP contribution >= 0.6 is 0 Å². The zero-order valence-corrected chi connectivity index (χ0v) is 11.0. The van der Waals surface area contributed by atoms with Gasteiger partial charge in [0.1, 0.15) is 6.04 Å². The molecule has 3 N–H and O–H groups in total. The number of carbonyl (C=O) groups is 3. The molecule has 19 heavy (non-hydrogen) atoms. The highest BCUT2D eigenvalue weighted by molar-refractivity contribution is 5.83. The van der Waals surface area contributed by atoms with Crippen LogP contribution in [0, 0.1) is 0 Å². The van der Waals surface area contributed by atoms with Crippen LogP contribution < -0.4 is 10.6 Å². The Morgan fingerprint density at radius 3 is 2.47 bits per heavy atom. The highest BCUT2D eigenvalue weighted by Crippen LogP contribution is 2.17. The van der Waals surface area contributed by atoms with Gasteiger partial charge < -0.3 is 20.5 Å². The van der Waals surface area contributed by atoms with Gasteiger partial charge in [0.25, 0.3) is 0 Å². The normalized spacial score (nSPS) is 16.7. The number of urea groups is 1. The topological polar surface area (TPSA) is 105 Å². The molecular formula is C12H20N2O5. The van der Waals surface area contributed by atoms with E-state index in [1.165, 1.54) is 7.11 Å². The van der Waals surface area contributed by atoms with Crippen LogP contribution in [0.25, 0.3) is 0 Å². The summed E-state index contributed by atoms with van der Waals surface area (Å²) in [7, 11) is 1.23. The van der Waals surface area contributed by atoms with Crippen LogP contribution in [0.4, 0.5) is 4.79 Å². The van der Waals surface area contributed by atoms with Gasteiger partial charge in [-0.1, -0.05) is 12.8 Å². The quantitative estimate of drug-likeness (QED) is 0.615. The van der Waals surface area contributed by atoms with E-state index in [1.807, 2.05) is 0 Å². The van der Waals surface area contributed by atoms with Crippen LogP contribution in [-0.4, -0.2) is 42.3 Å². The fraction of sp³-hybridized carbons (Fsp3) is 0.750. The Balaban J connectivity index is 2.36. The van der Waals surface area contributed by atoms with Gasteiger partial charge in [0.15, 0.2) is 0 Å². The van der Waals surface area contributed by atoms with Crippen LogP contribution in [-0.2, 0) is 14.3 Å². The molecule has 7 heteroatoms. The summed E-state index contributed by atoms with van der Waals surface area (Å²) >= 11 is 0. The monoisotopic (exact) mass is 272 g/mol. The predicted octanol–water partition coefficient (Wildman–Crippen LogP) is 0.635. The van der Waals surface area contributed by atoms with Crippen molar-refractivity contribution in [1.82, 2.24) is 10.6 Å². The molecule has 1 atom stereocenters. The largest absolute Gasteiger partial charge is 0.480 e. The van der Waals surface area contributed by atoms with E-state index in [2.05, 4.69) is 15.4 Å². The van der Waals surface area contributed by atoms with Crippen LogP contribution in [0.5, 0.6) is 0 Å². The molecule has 108 valence electrons. The molecule has 0 bridgehead atoms. The number of amides is 2. The van der Waals surface area contributed by atoms with Crippen molar-refractivity contribution < 1.29 is 24.2 Å². The zero-order chi connectivity index (χ0) is 14.3. The lowest BCUT2D eigenvalue weighted by Crippen LogP contribution is -2.48. The van der Waals surface area contributed by atoms with Gasteiger partial charge in [-0.15, -0.1) is 0 Å². The van der Waals surface area contributed by atoms with Gasteiger partial charge in [-0.05, 0) is 19.3 Å². The number of carboxylic acid groups (broad SMARTS) is 1. The molecule has 0 aromatic rings. The van der Waals surface area contributed by atoms with Gasteiger partial charge in [0, 0.05) is 12.5 Å². The van der Waals surface area contributed by atoms with Crippen molar-refractivity contribution in [3.8, 4) is 0 Å². The van der Waals surface area contributed by atoms with Gasteiger partial charge in [-0.25, -0.2) is 9.59 Å². The van der Waals surface area contributed by atoms with Gasteiger partial charge in [-0.2, -0.15) is 0 Å². The summed E-state index contributed by atoms with van der Waals surface area (Å²) in [5, 5.41) is 14.1. The molecule has 0 saturated heterocycles. The lowest BCUT2D eigenvalue weighted by molar-refractivity contribution is -0.142. The number of hydrogen-bond donors (Lipinski definition) is 3. The van der Waals surface area contributed by atoms with Crippen LogP contribution in [0.2, 0.25) is 0 Å². The van der Waals surface area contributed by atoms with Crippen LogP contribution in [0.1, 0.15) is 38.5 Å². The average molecular weight is 272 g/mol. The van der Waals surface area contributed by atoms with E-state index in [0.29, 0.717) is 0 Å². The summed E-state index contributed by atoms with van der Waals surface area (Å²) in [6.45, 7) is 0. The number of carboxylic acids is 1. The highest BCUT2D eigenvalue weighted by Gasteiger charge is 2.23. The number of rotatable bonds is 6. The van der Waals surface area contributed by atoms with Crippen molar-refractivity contribution >= 4 is 18.0 Å². The van der Waals surface area contributed by atoms with E-state index in [1.54, 1.807) is 0 Å². The summed E-state index contributed by atoms with van der Waals surface area (Å²) < 4.78 is 4.43. The van der Waals surface area contributed by atoms with Gasteiger partial charge in [0.05, 0.1) is 7.11 Å². The van der Waals surface area contributed by atoms with E-state index in [-0.39, 0.29) is 18.9 Å². The first-order valence-electron chi connectivity index (χ1n) is 6.39. The van der Waals surface area contributed by atoms with E-state index < -0.39 is 24.0 Å². The molecule has 0 heterocycles. The summed E-state index contributed by atoms with van der Waals surface area (Å²) in [4.78, 5) is 33.6. The van der Waals surface area contributed by atoms with Crippen molar-refractivity contribution in [2.75, 3.05) is 7.11 Å². The standard InChI is InChI=1S/C12H20N2O5/c1-19-10(15)7-6-9(11(16)17)14-12(18)13-8-4-2-3-5-8/h8-9H,2-7H2,1H3,(H,16,17)(H2,13,14,18)/t9-/m0/s1. The second-order valence-corrected chi connectivity index (χ2v) is 4.60. The molecule has 0 spiro atoms. The van der Waals surface area contributed by atoms with E-state index in [4.69, 9.17) is 5.11 Å². The molecule has 1 fully saturated rings. The molecule has 0 aromatic heterocycles. The SMILES string of the molecule is COC(=O)CC[C@H](NC(=O)NC1CCCC1)C(=O)O. The second-order valence-electron chi connectivity index (χ2n) is 4.60. The first-order chi connectivity index (χ1) is 9.02. The first-order valence-corrected chi connectivity index (χ1v) is 6.39. The fourth-order valence-corrected chi connectivity index (χ4v) is 2.08. The number of nitrogens with one attached hydrogen (secondary N) is 2.